The van der Waals surface area contributed by atoms with Crippen molar-refractivity contribution in [2.24, 2.45) is 0 Å². The maximum absolute atomic E-state index is 11.8. The average Bonchev–Trinajstić information content (AvgIpc) is 2.44. The van der Waals surface area contributed by atoms with Crippen molar-refractivity contribution in [3.63, 3.8) is 0 Å². The SMILES string of the molecule is C#CCN(CC(=O)O)C(=O)NCc1ccc(OC)cc1. The molecule has 1 aromatic rings. The van der Waals surface area contributed by atoms with Crippen LogP contribution in [0.4, 0.5) is 4.79 Å². The number of carboxylic acids is 1. The van der Waals surface area contributed by atoms with Gasteiger partial charge in [0.25, 0.3) is 0 Å². The van der Waals surface area contributed by atoms with E-state index >= 15 is 0 Å². The zero-order valence-corrected chi connectivity index (χ0v) is 11.1. The summed E-state index contributed by atoms with van der Waals surface area (Å²) < 4.78 is 5.03. The van der Waals surface area contributed by atoms with Crippen LogP contribution in [0.25, 0.3) is 0 Å². The molecular weight excluding hydrogens is 260 g/mol. The molecule has 0 aromatic heterocycles. The summed E-state index contributed by atoms with van der Waals surface area (Å²) in [4.78, 5) is 23.5. The van der Waals surface area contributed by atoms with Crippen molar-refractivity contribution in [3.8, 4) is 18.1 Å². The third-order valence-electron chi connectivity index (χ3n) is 2.50. The predicted octanol–water partition coefficient (Wildman–Crippen LogP) is 0.925. The lowest BCUT2D eigenvalue weighted by Gasteiger charge is -2.18. The van der Waals surface area contributed by atoms with E-state index in [2.05, 4.69) is 11.2 Å². The van der Waals surface area contributed by atoms with E-state index in [1.165, 1.54) is 0 Å². The van der Waals surface area contributed by atoms with Crippen molar-refractivity contribution < 1.29 is 19.4 Å². The Kier molecular flexibility index (Phi) is 5.91. The Morgan fingerprint density at radius 3 is 2.55 bits per heavy atom. The van der Waals surface area contributed by atoms with Crippen molar-refractivity contribution in [1.82, 2.24) is 10.2 Å². The molecule has 0 radical (unpaired) electrons. The highest BCUT2D eigenvalue weighted by Gasteiger charge is 2.15. The van der Waals surface area contributed by atoms with Gasteiger partial charge < -0.3 is 20.1 Å². The van der Waals surface area contributed by atoms with Gasteiger partial charge in [-0.05, 0) is 17.7 Å². The molecule has 106 valence electrons. The van der Waals surface area contributed by atoms with Crippen LogP contribution in [0, 0.1) is 12.3 Å². The number of carbonyl (C=O) groups excluding carboxylic acids is 1. The molecule has 2 N–H and O–H groups in total. The predicted molar refractivity (Wildman–Crippen MR) is 73.3 cm³/mol. The zero-order valence-electron chi connectivity index (χ0n) is 11.1. The number of nitrogens with zero attached hydrogens (tertiary/aromatic N) is 1. The molecule has 0 fully saturated rings. The molecule has 0 spiro atoms. The lowest BCUT2D eigenvalue weighted by Crippen LogP contribution is -2.42. The van der Waals surface area contributed by atoms with Gasteiger partial charge in [0.1, 0.15) is 12.3 Å². The summed E-state index contributed by atoms with van der Waals surface area (Å²) in [6, 6.07) is 6.65. The second-order valence-electron chi connectivity index (χ2n) is 3.96. The van der Waals surface area contributed by atoms with Gasteiger partial charge in [-0.15, -0.1) is 6.42 Å². The van der Waals surface area contributed by atoms with Gasteiger partial charge in [0.15, 0.2) is 0 Å². The lowest BCUT2D eigenvalue weighted by atomic mass is 10.2. The third kappa shape index (κ3) is 4.90. The molecule has 0 aliphatic rings. The number of urea groups is 1. The number of ether oxygens (including phenoxy) is 1. The number of terminal acetylenes is 1. The van der Waals surface area contributed by atoms with Crippen LogP contribution in [-0.2, 0) is 11.3 Å². The van der Waals surface area contributed by atoms with E-state index in [1.54, 1.807) is 19.2 Å². The van der Waals surface area contributed by atoms with E-state index in [9.17, 15) is 9.59 Å². The van der Waals surface area contributed by atoms with Gasteiger partial charge in [0.05, 0.1) is 13.7 Å². The Hall–Kier alpha value is -2.68. The first-order chi connectivity index (χ1) is 9.56. The minimum atomic E-state index is -1.11. The monoisotopic (exact) mass is 276 g/mol. The van der Waals surface area contributed by atoms with Crippen LogP contribution in [0.15, 0.2) is 24.3 Å². The molecule has 0 unspecified atom stereocenters. The van der Waals surface area contributed by atoms with E-state index in [0.29, 0.717) is 0 Å². The van der Waals surface area contributed by atoms with Gasteiger partial charge in [0.2, 0.25) is 0 Å². The molecule has 0 bridgehead atoms. The zero-order chi connectivity index (χ0) is 15.0. The Morgan fingerprint density at radius 2 is 2.05 bits per heavy atom. The summed E-state index contributed by atoms with van der Waals surface area (Å²) >= 11 is 0. The number of carbonyl (C=O) groups is 2. The fraction of sp³-hybridized carbons (Fsp3) is 0.286. The van der Waals surface area contributed by atoms with Crippen molar-refractivity contribution in [2.75, 3.05) is 20.2 Å². The molecule has 0 aliphatic heterocycles. The van der Waals surface area contributed by atoms with Gasteiger partial charge in [-0.25, -0.2) is 4.79 Å². The van der Waals surface area contributed by atoms with Crippen LogP contribution in [0.3, 0.4) is 0 Å². The normalized spacial score (nSPS) is 9.40. The van der Waals surface area contributed by atoms with Gasteiger partial charge in [0, 0.05) is 6.54 Å². The summed E-state index contributed by atoms with van der Waals surface area (Å²) in [6.07, 6.45) is 5.10. The molecule has 0 saturated heterocycles. The van der Waals surface area contributed by atoms with Crippen molar-refractivity contribution in [1.29, 1.82) is 0 Å². The maximum Gasteiger partial charge on any atom is 0.323 e. The molecule has 0 saturated carbocycles. The maximum atomic E-state index is 11.8. The van der Waals surface area contributed by atoms with Gasteiger partial charge in [-0.3, -0.25) is 4.79 Å². The molecule has 0 heterocycles. The molecular formula is C14H16N2O4. The number of carboxylic acid groups (broad SMARTS) is 1. The van der Waals surface area contributed by atoms with Crippen molar-refractivity contribution in [2.45, 2.75) is 6.54 Å². The standard InChI is InChI=1S/C14H16N2O4/c1-3-8-16(10-13(17)18)14(19)15-9-11-4-6-12(20-2)7-5-11/h1,4-7H,8-10H2,2H3,(H,15,19)(H,17,18). The quantitative estimate of drug-likeness (QED) is 0.757. The van der Waals surface area contributed by atoms with Crippen LogP contribution in [-0.4, -0.2) is 42.2 Å². The molecule has 6 nitrogen and oxygen atoms in total. The summed E-state index contributed by atoms with van der Waals surface area (Å²) in [5, 5.41) is 11.3. The Balaban J connectivity index is 2.55. The summed E-state index contributed by atoms with van der Waals surface area (Å²) in [7, 11) is 1.57. The summed E-state index contributed by atoms with van der Waals surface area (Å²) in [6.45, 7) is -0.205. The lowest BCUT2D eigenvalue weighted by molar-refractivity contribution is -0.137. The number of aliphatic carboxylic acids is 1. The van der Waals surface area contributed by atoms with Gasteiger partial charge in [-0.2, -0.15) is 0 Å². The first-order valence-electron chi connectivity index (χ1n) is 5.87. The fourth-order valence-electron chi connectivity index (χ4n) is 1.51. The topological polar surface area (TPSA) is 78.9 Å². The molecule has 2 amide bonds. The summed E-state index contributed by atoms with van der Waals surface area (Å²) in [5.74, 6) is 1.86. The smallest absolute Gasteiger partial charge is 0.323 e. The molecule has 6 heteroatoms. The van der Waals surface area contributed by atoms with Gasteiger partial charge in [-0.1, -0.05) is 18.1 Å². The van der Waals surface area contributed by atoms with Crippen LogP contribution in [0.1, 0.15) is 5.56 Å². The first-order valence-corrected chi connectivity index (χ1v) is 5.87. The second-order valence-corrected chi connectivity index (χ2v) is 3.96. The van der Waals surface area contributed by atoms with Crippen LogP contribution in [0.5, 0.6) is 5.75 Å². The second kappa shape index (κ2) is 7.69. The van der Waals surface area contributed by atoms with Crippen molar-refractivity contribution >= 4 is 12.0 Å². The Bertz CT molecular complexity index is 505. The number of methoxy groups -OCH3 is 1. The van der Waals surface area contributed by atoms with Crippen molar-refractivity contribution in [3.05, 3.63) is 29.8 Å². The van der Waals surface area contributed by atoms with Crippen LogP contribution < -0.4 is 10.1 Å². The van der Waals surface area contributed by atoms with Gasteiger partial charge >= 0.3 is 12.0 Å². The number of nitrogens with one attached hydrogen (secondary N) is 1. The highest BCUT2D eigenvalue weighted by Crippen LogP contribution is 2.10. The molecule has 1 aromatic carbocycles. The van der Waals surface area contributed by atoms with E-state index in [1.807, 2.05) is 12.1 Å². The van der Waals surface area contributed by atoms with E-state index in [4.69, 9.17) is 16.3 Å². The van der Waals surface area contributed by atoms with E-state index in [-0.39, 0.29) is 13.1 Å². The number of rotatable bonds is 6. The Labute approximate surface area is 117 Å². The highest BCUT2D eigenvalue weighted by molar-refractivity contribution is 5.80. The summed E-state index contributed by atoms with van der Waals surface area (Å²) in [5.41, 5.74) is 0.870. The molecule has 1 rings (SSSR count). The fourth-order valence-corrected chi connectivity index (χ4v) is 1.51. The molecule has 20 heavy (non-hydrogen) atoms. The molecule has 0 aliphatic carbocycles. The first kappa shape index (κ1) is 15.4. The highest BCUT2D eigenvalue weighted by atomic mass is 16.5. The number of hydrogen-bond donors (Lipinski definition) is 2. The van der Waals surface area contributed by atoms with E-state index in [0.717, 1.165) is 16.2 Å². The largest absolute Gasteiger partial charge is 0.497 e. The Morgan fingerprint density at radius 1 is 1.40 bits per heavy atom. The number of benzene rings is 1. The van der Waals surface area contributed by atoms with Crippen LogP contribution in [0.2, 0.25) is 0 Å². The minimum Gasteiger partial charge on any atom is -0.497 e. The molecule has 0 atom stereocenters. The number of amides is 2. The minimum absolute atomic E-state index is 0.0548. The number of hydrogen-bond acceptors (Lipinski definition) is 3. The van der Waals surface area contributed by atoms with Crippen LogP contribution >= 0.6 is 0 Å². The third-order valence-corrected chi connectivity index (χ3v) is 2.50. The average molecular weight is 276 g/mol. The van der Waals surface area contributed by atoms with E-state index < -0.39 is 18.5 Å².